The van der Waals surface area contributed by atoms with Gasteiger partial charge in [0.05, 0.1) is 38.4 Å². The summed E-state index contributed by atoms with van der Waals surface area (Å²) < 4.78 is 18.2. The van der Waals surface area contributed by atoms with Crippen molar-refractivity contribution in [3.05, 3.63) is 84.4 Å². The summed E-state index contributed by atoms with van der Waals surface area (Å²) in [5.74, 6) is 2.18. The van der Waals surface area contributed by atoms with E-state index in [1.54, 1.807) is 32.4 Å². The molecule has 33 heavy (non-hydrogen) atoms. The Kier molecular flexibility index (Phi) is 6.78. The third kappa shape index (κ3) is 5.09. The average molecular weight is 446 g/mol. The van der Waals surface area contributed by atoms with E-state index in [2.05, 4.69) is 0 Å². The van der Waals surface area contributed by atoms with Gasteiger partial charge in [-0.25, -0.2) is 4.68 Å². The van der Waals surface area contributed by atoms with Crippen LogP contribution in [0.5, 0.6) is 11.5 Å². The smallest absolute Gasteiger partial charge is 0.223 e. The van der Waals surface area contributed by atoms with Gasteiger partial charge in [-0.1, -0.05) is 18.2 Å². The predicted molar refractivity (Wildman–Crippen MR) is 126 cm³/mol. The quantitative estimate of drug-likeness (QED) is 0.372. The van der Waals surface area contributed by atoms with Crippen molar-refractivity contribution in [2.75, 3.05) is 21.3 Å². The van der Waals surface area contributed by atoms with Gasteiger partial charge in [0.25, 0.3) is 0 Å². The van der Waals surface area contributed by atoms with Crippen LogP contribution in [0.1, 0.15) is 17.7 Å². The molecule has 0 fully saturated rings. The number of furan rings is 1. The van der Waals surface area contributed by atoms with Crippen LogP contribution >= 0.6 is 0 Å². The van der Waals surface area contributed by atoms with Gasteiger partial charge in [-0.2, -0.15) is 5.10 Å². The topological polar surface area (TPSA) is 69.7 Å². The number of carbonyl (C=O) groups is 1. The highest BCUT2D eigenvalue weighted by Crippen LogP contribution is 2.35. The fourth-order valence-corrected chi connectivity index (χ4v) is 3.69. The van der Waals surface area contributed by atoms with Crippen LogP contribution < -0.4 is 9.47 Å². The van der Waals surface area contributed by atoms with Gasteiger partial charge in [-0.05, 0) is 54.4 Å². The van der Waals surface area contributed by atoms with E-state index in [-0.39, 0.29) is 5.91 Å². The number of para-hydroxylation sites is 1. The molecule has 0 saturated heterocycles. The van der Waals surface area contributed by atoms with E-state index in [4.69, 9.17) is 19.0 Å². The maximum atomic E-state index is 12.8. The fourth-order valence-electron chi connectivity index (χ4n) is 3.69. The number of rotatable bonds is 9. The predicted octanol–water partition coefficient (Wildman–Crippen LogP) is 4.74. The third-order valence-electron chi connectivity index (χ3n) is 5.48. The molecule has 0 atom stereocenters. The molecule has 0 aliphatic carbocycles. The van der Waals surface area contributed by atoms with E-state index in [0.29, 0.717) is 30.9 Å². The lowest BCUT2D eigenvalue weighted by Gasteiger charge is -2.15. The summed E-state index contributed by atoms with van der Waals surface area (Å²) in [5.41, 5.74) is 3.47. The standard InChI is InChI=1S/C26H27N3O4/c1-28(18-22-10-7-15-33-22)25(30)14-11-19-17-29(20-8-5-4-6-9-20)27-26(19)23-16-21(31-2)12-13-24(23)32-3/h4-10,12-13,15-17H,11,14,18H2,1-3H3. The Balaban J connectivity index is 1.64. The minimum atomic E-state index is 0.0300. The van der Waals surface area contributed by atoms with Crippen molar-refractivity contribution in [2.45, 2.75) is 19.4 Å². The summed E-state index contributed by atoms with van der Waals surface area (Å²) in [6.07, 6.45) is 4.46. The first-order valence-electron chi connectivity index (χ1n) is 10.7. The van der Waals surface area contributed by atoms with Gasteiger partial charge in [-0.3, -0.25) is 4.79 Å². The van der Waals surface area contributed by atoms with Crippen molar-refractivity contribution in [1.29, 1.82) is 0 Å². The van der Waals surface area contributed by atoms with Gasteiger partial charge < -0.3 is 18.8 Å². The third-order valence-corrected chi connectivity index (χ3v) is 5.48. The summed E-state index contributed by atoms with van der Waals surface area (Å²) in [7, 11) is 5.04. The molecule has 170 valence electrons. The largest absolute Gasteiger partial charge is 0.497 e. The molecule has 7 heteroatoms. The van der Waals surface area contributed by atoms with Gasteiger partial charge in [0.15, 0.2) is 0 Å². The Bertz CT molecular complexity index is 1200. The van der Waals surface area contributed by atoms with Crippen molar-refractivity contribution in [3.63, 3.8) is 0 Å². The van der Waals surface area contributed by atoms with Crippen molar-refractivity contribution in [1.82, 2.24) is 14.7 Å². The van der Waals surface area contributed by atoms with E-state index in [0.717, 1.165) is 28.3 Å². The summed E-state index contributed by atoms with van der Waals surface area (Å²) in [6.45, 7) is 0.436. The van der Waals surface area contributed by atoms with Crippen LogP contribution in [0.4, 0.5) is 0 Å². The van der Waals surface area contributed by atoms with Crippen molar-refractivity contribution in [2.24, 2.45) is 0 Å². The zero-order valence-electron chi connectivity index (χ0n) is 19.0. The van der Waals surface area contributed by atoms with Crippen LogP contribution in [0.3, 0.4) is 0 Å². The molecule has 2 aromatic heterocycles. The Morgan fingerprint density at radius 1 is 1.06 bits per heavy atom. The molecule has 1 amide bonds. The number of amides is 1. The number of hydrogen-bond donors (Lipinski definition) is 0. The zero-order chi connectivity index (χ0) is 23.2. The molecule has 0 radical (unpaired) electrons. The first-order valence-corrected chi connectivity index (χ1v) is 10.7. The normalized spacial score (nSPS) is 10.8. The van der Waals surface area contributed by atoms with Gasteiger partial charge >= 0.3 is 0 Å². The Morgan fingerprint density at radius 2 is 1.88 bits per heavy atom. The summed E-state index contributed by atoms with van der Waals surface area (Å²) in [6, 6.07) is 19.2. The molecular weight excluding hydrogens is 418 g/mol. The molecular formula is C26H27N3O4. The van der Waals surface area contributed by atoms with Crippen molar-refractivity contribution in [3.8, 4) is 28.4 Å². The van der Waals surface area contributed by atoms with Crippen LogP contribution in [0, 0.1) is 0 Å². The number of hydrogen-bond acceptors (Lipinski definition) is 5. The Morgan fingerprint density at radius 3 is 2.58 bits per heavy atom. The molecule has 2 heterocycles. The van der Waals surface area contributed by atoms with Crippen LogP contribution in [0.2, 0.25) is 0 Å². The lowest BCUT2D eigenvalue weighted by Crippen LogP contribution is -2.26. The molecule has 0 bridgehead atoms. The number of benzene rings is 2. The number of ether oxygens (including phenoxy) is 2. The average Bonchev–Trinajstić information content (AvgIpc) is 3.52. The minimum absolute atomic E-state index is 0.0300. The van der Waals surface area contributed by atoms with Crippen molar-refractivity contribution < 1.29 is 18.7 Å². The highest BCUT2D eigenvalue weighted by atomic mass is 16.5. The second-order valence-electron chi connectivity index (χ2n) is 7.68. The van der Waals surface area contributed by atoms with E-state index >= 15 is 0 Å². The number of carbonyl (C=O) groups excluding carboxylic acids is 1. The van der Waals surface area contributed by atoms with Crippen LogP contribution in [0.25, 0.3) is 16.9 Å². The van der Waals surface area contributed by atoms with Gasteiger partial charge in [0.1, 0.15) is 17.3 Å². The SMILES string of the molecule is COc1ccc(OC)c(-c2nn(-c3ccccc3)cc2CCC(=O)N(C)Cc2ccco2)c1. The number of aryl methyl sites for hydroxylation is 1. The number of methoxy groups -OCH3 is 2. The molecule has 7 nitrogen and oxygen atoms in total. The first-order chi connectivity index (χ1) is 16.1. The first kappa shape index (κ1) is 22.2. The van der Waals surface area contributed by atoms with Gasteiger partial charge in [-0.15, -0.1) is 0 Å². The lowest BCUT2D eigenvalue weighted by molar-refractivity contribution is -0.130. The summed E-state index contributed by atoms with van der Waals surface area (Å²) in [4.78, 5) is 14.5. The maximum Gasteiger partial charge on any atom is 0.223 e. The minimum Gasteiger partial charge on any atom is -0.497 e. The number of aromatic nitrogens is 2. The molecule has 0 spiro atoms. The molecule has 4 aromatic rings. The van der Waals surface area contributed by atoms with Gasteiger partial charge in [0.2, 0.25) is 5.91 Å². The number of nitrogens with zero attached hydrogens (tertiary/aromatic N) is 3. The lowest BCUT2D eigenvalue weighted by atomic mass is 10.0. The van der Waals surface area contributed by atoms with Crippen LogP contribution in [-0.4, -0.2) is 41.9 Å². The molecule has 0 saturated carbocycles. The van der Waals surface area contributed by atoms with E-state index < -0.39 is 0 Å². The van der Waals surface area contributed by atoms with Crippen LogP contribution in [-0.2, 0) is 17.8 Å². The fraction of sp³-hybridized carbons (Fsp3) is 0.231. The molecule has 0 aliphatic heterocycles. The van der Waals surface area contributed by atoms with Crippen molar-refractivity contribution >= 4 is 5.91 Å². The molecule has 0 N–H and O–H groups in total. The summed E-state index contributed by atoms with van der Waals surface area (Å²) in [5, 5.41) is 4.86. The van der Waals surface area contributed by atoms with E-state index in [1.165, 1.54) is 0 Å². The molecule has 0 aliphatic rings. The van der Waals surface area contributed by atoms with Crippen LogP contribution in [0.15, 0.2) is 77.5 Å². The van der Waals surface area contributed by atoms with E-state index in [1.807, 2.05) is 71.5 Å². The highest BCUT2D eigenvalue weighted by molar-refractivity contribution is 5.77. The maximum absolute atomic E-state index is 12.8. The summed E-state index contributed by atoms with van der Waals surface area (Å²) >= 11 is 0. The zero-order valence-corrected chi connectivity index (χ0v) is 19.0. The van der Waals surface area contributed by atoms with Gasteiger partial charge in [0, 0.05) is 25.2 Å². The Hall–Kier alpha value is -4.00. The van der Waals surface area contributed by atoms with E-state index in [9.17, 15) is 4.79 Å². The Labute approximate surface area is 193 Å². The molecule has 2 aromatic carbocycles. The monoisotopic (exact) mass is 445 g/mol. The molecule has 4 rings (SSSR count). The second-order valence-corrected chi connectivity index (χ2v) is 7.68. The molecule has 0 unspecified atom stereocenters. The highest BCUT2D eigenvalue weighted by Gasteiger charge is 2.19. The second kappa shape index (κ2) is 10.1.